The minimum Gasteiger partial charge on any atom is -0.497 e. The summed E-state index contributed by atoms with van der Waals surface area (Å²) in [4.78, 5) is 23.1. The average Bonchev–Trinajstić information content (AvgIpc) is 3.20. The number of benzene rings is 2. The number of ether oxygens (including phenoxy) is 2. The zero-order chi connectivity index (χ0) is 21.1. The summed E-state index contributed by atoms with van der Waals surface area (Å²) in [5.74, 6) is 2.26. The van der Waals surface area contributed by atoms with Gasteiger partial charge in [-0.05, 0) is 49.6 Å². The molecule has 0 saturated carbocycles. The number of carbonyl (C=O) groups is 1. The highest BCUT2D eigenvalue weighted by Gasteiger charge is 2.27. The molecule has 1 aromatic heterocycles. The van der Waals surface area contributed by atoms with E-state index in [1.54, 1.807) is 14.2 Å². The monoisotopic (exact) mass is 408 g/mol. The second kappa shape index (κ2) is 8.65. The summed E-state index contributed by atoms with van der Waals surface area (Å²) in [7, 11) is 3.24. The number of fused-ring (bicyclic) bond motifs is 1. The van der Waals surface area contributed by atoms with Crippen molar-refractivity contribution >= 4 is 22.9 Å². The molecule has 1 saturated heterocycles. The average molecular weight is 409 g/mol. The van der Waals surface area contributed by atoms with Gasteiger partial charge in [0.1, 0.15) is 11.5 Å². The van der Waals surface area contributed by atoms with E-state index in [4.69, 9.17) is 14.5 Å². The SMILES string of the molecule is COc1ccc(CNC(=O)[C@H]2CCCN(c3nc4ccc(C)cc4[nH]3)C2)c(OC)c1. The van der Waals surface area contributed by atoms with E-state index < -0.39 is 0 Å². The topological polar surface area (TPSA) is 79.5 Å². The Kier molecular flexibility index (Phi) is 5.79. The molecule has 30 heavy (non-hydrogen) atoms. The van der Waals surface area contributed by atoms with E-state index in [1.165, 1.54) is 5.56 Å². The van der Waals surface area contributed by atoms with Crippen molar-refractivity contribution in [3.63, 3.8) is 0 Å². The number of amides is 1. The molecular weight excluding hydrogens is 380 g/mol. The summed E-state index contributed by atoms with van der Waals surface area (Å²) in [5, 5.41) is 3.07. The zero-order valence-corrected chi connectivity index (χ0v) is 17.7. The Morgan fingerprint density at radius 1 is 1.23 bits per heavy atom. The minimum atomic E-state index is -0.0714. The van der Waals surface area contributed by atoms with Crippen molar-refractivity contribution in [2.75, 3.05) is 32.2 Å². The Hall–Kier alpha value is -3.22. The standard InChI is InChI=1S/C23H28N4O3/c1-15-6-9-19-20(11-15)26-23(25-19)27-10-4-5-17(14-27)22(28)24-13-16-7-8-18(29-2)12-21(16)30-3/h6-9,11-12,17H,4-5,10,13-14H2,1-3H3,(H,24,28)(H,25,26)/t17-/m0/s1. The number of anilines is 1. The molecule has 1 amide bonds. The number of methoxy groups -OCH3 is 2. The van der Waals surface area contributed by atoms with Gasteiger partial charge in [0.05, 0.1) is 31.2 Å². The van der Waals surface area contributed by atoms with E-state index in [9.17, 15) is 4.79 Å². The first kappa shape index (κ1) is 20.1. The van der Waals surface area contributed by atoms with Crippen LogP contribution < -0.4 is 19.7 Å². The van der Waals surface area contributed by atoms with Crippen molar-refractivity contribution in [1.82, 2.24) is 15.3 Å². The van der Waals surface area contributed by atoms with Gasteiger partial charge in [0.25, 0.3) is 0 Å². The Balaban J connectivity index is 1.41. The second-order valence-corrected chi connectivity index (χ2v) is 7.76. The first-order chi connectivity index (χ1) is 14.6. The molecule has 1 aliphatic heterocycles. The van der Waals surface area contributed by atoms with Crippen molar-refractivity contribution < 1.29 is 14.3 Å². The van der Waals surface area contributed by atoms with Crippen molar-refractivity contribution in [3.05, 3.63) is 47.5 Å². The molecule has 0 spiro atoms. The Morgan fingerprint density at radius 3 is 2.90 bits per heavy atom. The molecule has 2 aromatic carbocycles. The number of aryl methyl sites for hydroxylation is 1. The first-order valence-electron chi connectivity index (χ1n) is 10.3. The smallest absolute Gasteiger partial charge is 0.225 e. The van der Waals surface area contributed by atoms with Crippen LogP contribution in [0.4, 0.5) is 5.95 Å². The van der Waals surface area contributed by atoms with E-state index >= 15 is 0 Å². The summed E-state index contributed by atoms with van der Waals surface area (Å²) < 4.78 is 10.7. The quantitative estimate of drug-likeness (QED) is 0.653. The second-order valence-electron chi connectivity index (χ2n) is 7.76. The molecule has 0 aliphatic carbocycles. The predicted molar refractivity (Wildman–Crippen MR) is 117 cm³/mol. The van der Waals surface area contributed by atoms with Crippen LogP contribution in [0.25, 0.3) is 11.0 Å². The molecule has 2 heterocycles. The number of aromatic nitrogens is 2. The number of nitrogens with zero attached hydrogens (tertiary/aromatic N) is 2. The molecule has 158 valence electrons. The van der Waals surface area contributed by atoms with Gasteiger partial charge >= 0.3 is 0 Å². The van der Waals surface area contributed by atoms with E-state index in [-0.39, 0.29) is 11.8 Å². The summed E-state index contributed by atoms with van der Waals surface area (Å²) in [6.07, 6.45) is 1.83. The van der Waals surface area contributed by atoms with Crippen LogP contribution in [0.2, 0.25) is 0 Å². The van der Waals surface area contributed by atoms with Gasteiger partial charge in [-0.1, -0.05) is 6.07 Å². The molecular formula is C23H28N4O3. The molecule has 0 unspecified atom stereocenters. The molecule has 7 heteroatoms. The van der Waals surface area contributed by atoms with E-state index in [1.807, 2.05) is 24.3 Å². The Labute approximate surface area is 176 Å². The van der Waals surface area contributed by atoms with Crippen LogP contribution in [0.3, 0.4) is 0 Å². The highest BCUT2D eigenvalue weighted by atomic mass is 16.5. The Morgan fingerprint density at radius 2 is 2.10 bits per heavy atom. The highest BCUT2D eigenvalue weighted by Crippen LogP contribution is 2.26. The number of rotatable bonds is 6. The minimum absolute atomic E-state index is 0.0597. The van der Waals surface area contributed by atoms with Crippen LogP contribution in [0.1, 0.15) is 24.0 Å². The first-order valence-corrected chi connectivity index (χ1v) is 10.3. The van der Waals surface area contributed by atoms with Crippen molar-refractivity contribution in [2.24, 2.45) is 5.92 Å². The fourth-order valence-electron chi connectivity index (χ4n) is 3.97. The van der Waals surface area contributed by atoms with Gasteiger partial charge in [0.2, 0.25) is 11.9 Å². The number of nitrogens with one attached hydrogen (secondary N) is 2. The summed E-state index contributed by atoms with van der Waals surface area (Å²) in [6.45, 7) is 4.05. The lowest BCUT2D eigenvalue weighted by Gasteiger charge is -2.31. The third-order valence-corrected chi connectivity index (χ3v) is 5.66. The van der Waals surface area contributed by atoms with Gasteiger partial charge in [0.15, 0.2) is 0 Å². The normalized spacial score (nSPS) is 16.5. The molecule has 3 aromatic rings. The van der Waals surface area contributed by atoms with Crippen LogP contribution in [0.15, 0.2) is 36.4 Å². The molecule has 2 N–H and O–H groups in total. The van der Waals surface area contributed by atoms with Crippen LogP contribution in [-0.4, -0.2) is 43.2 Å². The fourth-order valence-corrected chi connectivity index (χ4v) is 3.97. The maximum Gasteiger partial charge on any atom is 0.225 e. The number of carbonyl (C=O) groups excluding carboxylic acids is 1. The third-order valence-electron chi connectivity index (χ3n) is 5.66. The molecule has 1 fully saturated rings. The number of piperidine rings is 1. The molecule has 1 atom stereocenters. The Bertz CT molecular complexity index is 1050. The summed E-state index contributed by atoms with van der Waals surface area (Å²) >= 11 is 0. The number of hydrogen-bond acceptors (Lipinski definition) is 5. The van der Waals surface area contributed by atoms with E-state index in [0.717, 1.165) is 47.7 Å². The van der Waals surface area contributed by atoms with Crippen molar-refractivity contribution in [3.8, 4) is 11.5 Å². The van der Waals surface area contributed by atoms with Gasteiger partial charge in [0, 0.05) is 31.3 Å². The fraction of sp³-hybridized carbons (Fsp3) is 0.391. The maximum atomic E-state index is 12.9. The zero-order valence-electron chi connectivity index (χ0n) is 17.7. The van der Waals surface area contributed by atoms with Crippen molar-refractivity contribution in [2.45, 2.75) is 26.3 Å². The van der Waals surface area contributed by atoms with Gasteiger partial charge < -0.3 is 24.7 Å². The number of aromatic amines is 1. The predicted octanol–water partition coefficient (Wildman–Crippen LogP) is 3.42. The lowest BCUT2D eigenvalue weighted by molar-refractivity contribution is -0.125. The van der Waals surface area contributed by atoms with Crippen LogP contribution in [0, 0.1) is 12.8 Å². The molecule has 0 radical (unpaired) electrons. The molecule has 0 bridgehead atoms. The number of imidazole rings is 1. The van der Waals surface area contributed by atoms with Crippen molar-refractivity contribution in [1.29, 1.82) is 0 Å². The summed E-state index contributed by atoms with van der Waals surface area (Å²) in [6, 6.07) is 11.8. The number of hydrogen-bond donors (Lipinski definition) is 2. The van der Waals surface area contributed by atoms with Gasteiger partial charge in [-0.2, -0.15) is 0 Å². The molecule has 4 rings (SSSR count). The molecule has 7 nitrogen and oxygen atoms in total. The van der Waals surface area contributed by atoms with Gasteiger partial charge in [-0.25, -0.2) is 4.98 Å². The van der Waals surface area contributed by atoms with E-state index in [2.05, 4.69) is 34.3 Å². The van der Waals surface area contributed by atoms with Gasteiger partial charge in [-0.3, -0.25) is 4.79 Å². The third kappa shape index (κ3) is 4.20. The van der Waals surface area contributed by atoms with Gasteiger partial charge in [-0.15, -0.1) is 0 Å². The van der Waals surface area contributed by atoms with E-state index in [0.29, 0.717) is 18.8 Å². The number of H-pyrrole nitrogens is 1. The van der Waals surface area contributed by atoms with Crippen LogP contribution in [0.5, 0.6) is 11.5 Å². The maximum absolute atomic E-state index is 12.9. The largest absolute Gasteiger partial charge is 0.497 e. The lowest BCUT2D eigenvalue weighted by Crippen LogP contribution is -2.43. The summed E-state index contributed by atoms with van der Waals surface area (Å²) in [5.41, 5.74) is 4.10. The molecule has 1 aliphatic rings. The highest BCUT2D eigenvalue weighted by molar-refractivity contribution is 5.80. The van der Waals surface area contributed by atoms with Crippen LogP contribution >= 0.6 is 0 Å². The van der Waals surface area contributed by atoms with Crippen LogP contribution in [-0.2, 0) is 11.3 Å². The lowest BCUT2D eigenvalue weighted by atomic mass is 9.97.